The van der Waals surface area contributed by atoms with E-state index in [-0.39, 0.29) is 17.2 Å². The van der Waals surface area contributed by atoms with E-state index in [2.05, 4.69) is 15.5 Å². The molecule has 0 aliphatic heterocycles. The van der Waals surface area contributed by atoms with Crippen LogP contribution in [-0.2, 0) is 0 Å². The van der Waals surface area contributed by atoms with Gasteiger partial charge in [-0.25, -0.2) is 0 Å². The largest absolute Gasteiger partial charge is 0.392 e. The van der Waals surface area contributed by atoms with Gasteiger partial charge < -0.3 is 10.4 Å². The molecule has 1 aromatic rings. The van der Waals surface area contributed by atoms with Crippen molar-refractivity contribution < 1.29 is 9.90 Å². The van der Waals surface area contributed by atoms with E-state index in [4.69, 9.17) is 0 Å². The summed E-state index contributed by atoms with van der Waals surface area (Å²) in [6.45, 7) is 11.9. The number of rotatable bonds is 5. The Labute approximate surface area is 114 Å². The van der Waals surface area contributed by atoms with Crippen LogP contribution >= 0.6 is 0 Å². The first kappa shape index (κ1) is 15.7. The molecule has 1 rings (SSSR count). The fourth-order valence-corrected chi connectivity index (χ4v) is 2.29. The number of aliphatic hydroxyl groups excluding tert-OH is 1. The van der Waals surface area contributed by atoms with E-state index in [1.54, 1.807) is 6.92 Å². The van der Waals surface area contributed by atoms with Crippen LogP contribution in [0.15, 0.2) is 0 Å². The van der Waals surface area contributed by atoms with Gasteiger partial charge in [-0.15, -0.1) is 0 Å². The maximum atomic E-state index is 12.1. The van der Waals surface area contributed by atoms with Crippen LogP contribution < -0.4 is 5.32 Å². The third kappa shape index (κ3) is 3.56. The third-order valence-corrected chi connectivity index (χ3v) is 3.49. The highest BCUT2D eigenvalue weighted by molar-refractivity contribution is 5.96. The van der Waals surface area contributed by atoms with Crippen LogP contribution in [0.5, 0.6) is 0 Å². The van der Waals surface area contributed by atoms with Gasteiger partial charge in [0.05, 0.1) is 17.4 Å². The Kier molecular flexibility index (Phi) is 4.74. The van der Waals surface area contributed by atoms with E-state index < -0.39 is 6.10 Å². The maximum Gasteiger partial charge on any atom is 0.255 e. The summed E-state index contributed by atoms with van der Waals surface area (Å²) in [5, 5.41) is 19.8. The van der Waals surface area contributed by atoms with Crippen LogP contribution in [0.3, 0.4) is 0 Å². The van der Waals surface area contributed by atoms with Gasteiger partial charge in [0.2, 0.25) is 0 Å². The smallest absolute Gasteiger partial charge is 0.255 e. The number of carbonyl (C=O) groups is 1. The molecule has 5 nitrogen and oxygen atoms in total. The number of H-pyrrole nitrogens is 1. The van der Waals surface area contributed by atoms with Gasteiger partial charge in [0.1, 0.15) is 0 Å². The summed E-state index contributed by atoms with van der Waals surface area (Å²) in [4.78, 5) is 12.1. The topological polar surface area (TPSA) is 78.0 Å². The zero-order valence-corrected chi connectivity index (χ0v) is 12.7. The Morgan fingerprint density at radius 1 is 1.42 bits per heavy atom. The Morgan fingerprint density at radius 3 is 2.42 bits per heavy atom. The Balaban J connectivity index is 2.70. The van der Waals surface area contributed by atoms with Crippen molar-refractivity contribution >= 4 is 5.91 Å². The molecule has 0 spiro atoms. The molecular formula is C14H25N3O2. The second-order valence-corrected chi connectivity index (χ2v) is 6.17. The number of carbonyl (C=O) groups excluding carboxylic acids is 1. The highest BCUT2D eigenvalue weighted by Gasteiger charge is 2.31. The first-order chi connectivity index (χ1) is 8.66. The van der Waals surface area contributed by atoms with Gasteiger partial charge >= 0.3 is 0 Å². The number of hydrogen-bond donors (Lipinski definition) is 3. The van der Waals surface area contributed by atoms with Crippen molar-refractivity contribution in [2.24, 2.45) is 11.3 Å². The number of amides is 1. The average molecular weight is 267 g/mol. The molecule has 0 aliphatic carbocycles. The van der Waals surface area contributed by atoms with Crippen molar-refractivity contribution in [1.29, 1.82) is 0 Å². The molecule has 3 N–H and O–H groups in total. The summed E-state index contributed by atoms with van der Waals surface area (Å²) in [7, 11) is 0. The summed E-state index contributed by atoms with van der Waals surface area (Å²) in [5.74, 6) is 0.0112. The van der Waals surface area contributed by atoms with Crippen LogP contribution in [-0.4, -0.2) is 33.9 Å². The molecule has 19 heavy (non-hydrogen) atoms. The molecule has 0 saturated heterocycles. The lowest BCUT2D eigenvalue weighted by atomic mass is 9.80. The van der Waals surface area contributed by atoms with Crippen molar-refractivity contribution in [3.8, 4) is 0 Å². The lowest BCUT2D eigenvalue weighted by Crippen LogP contribution is -2.43. The van der Waals surface area contributed by atoms with E-state index in [9.17, 15) is 9.90 Å². The monoisotopic (exact) mass is 267 g/mol. The Bertz CT molecular complexity index is 430. The molecule has 0 saturated carbocycles. The molecule has 0 aliphatic rings. The molecule has 0 aromatic carbocycles. The molecular weight excluding hydrogens is 242 g/mol. The third-order valence-electron chi connectivity index (χ3n) is 3.49. The van der Waals surface area contributed by atoms with E-state index >= 15 is 0 Å². The summed E-state index contributed by atoms with van der Waals surface area (Å²) in [6.07, 6.45) is -0.459. The van der Waals surface area contributed by atoms with Crippen LogP contribution in [0.2, 0.25) is 0 Å². The summed E-state index contributed by atoms with van der Waals surface area (Å²) < 4.78 is 0. The quantitative estimate of drug-likeness (QED) is 0.761. The van der Waals surface area contributed by atoms with Crippen LogP contribution in [0.25, 0.3) is 0 Å². The molecule has 1 unspecified atom stereocenters. The molecule has 1 atom stereocenters. The zero-order chi connectivity index (χ0) is 14.8. The van der Waals surface area contributed by atoms with Gasteiger partial charge in [-0.1, -0.05) is 27.7 Å². The minimum Gasteiger partial charge on any atom is -0.392 e. The Morgan fingerprint density at radius 2 is 2.00 bits per heavy atom. The van der Waals surface area contributed by atoms with Crippen molar-refractivity contribution in [2.45, 2.75) is 47.6 Å². The van der Waals surface area contributed by atoms with Gasteiger partial charge in [0.25, 0.3) is 5.91 Å². The van der Waals surface area contributed by atoms with E-state index in [1.807, 2.05) is 34.6 Å². The predicted molar refractivity (Wildman–Crippen MR) is 75.0 cm³/mol. The molecule has 108 valence electrons. The fourth-order valence-electron chi connectivity index (χ4n) is 2.29. The lowest BCUT2D eigenvalue weighted by molar-refractivity contribution is 0.0138. The van der Waals surface area contributed by atoms with Crippen molar-refractivity contribution in [1.82, 2.24) is 15.5 Å². The fraction of sp³-hybridized carbons (Fsp3) is 0.714. The lowest BCUT2D eigenvalue weighted by Gasteiger charge is -2.33. The SMILES string of the molecule is Cc1n[nH]c(C)c1C(=O)NCC(C)(C)C(O)C(C)C. The first-order valence-electron chi connectivity index (χ1n) is 6.64. The van der Waals surface area contributed by atoms with Crippen LogP contribution in [0, 0.1) is 25.2 Å². The first-order valence-corrected chi connectivity index (χ1v) is 6.64. The molecule has 1 heterocycles. The van der Waals surface area contributed by atoms with Crippen molar-refractivity contribution in [3.05, 3.63) is 17.0 Å². The van der Waals surface area contributed by atoms with E-state index in [0.717, 1.165) is 5.69 Å². The highest BCUT2D eigenvalue weighted by Crippen LogP contribution is 2.25. The number of aliphatic hydroxyl groups is 1. The summed E-state index contributed by atoms with van der Waals surface area (Å²) in [5.41, 5.74) is 1.68. The minimum atomic E-state index is -0.459. The Hall–Kier alpha value is -1.36. The van der Waals surface area contributed by atoms with Gasteiger partial charge in [-0.05, 0) is 19.8 Å². The van der Waals surface area contributed by atoms with Crippen LogP contribution in [0.4, 0.5) is 0 Å². The summed E-state index contributed by atoms with van der Waals surface area (Å²) in [6, 6.07) is 0. The molecule has 1 amide bonds. The van der Waals surface area contributed by atoms with Crippen molar-refractivity contribution in [3.63, 3.8) is 0 Å². The van der Waals surface area contributed by atoms with Gasteiger partial charge in [0, 0.05) is 17.7 Å². The van der Waals surface area contributed by atoms with Crippen molar-refractivity contribution in [2.75, 3.05) is 6.54 Å². The standard InChI is InChI=1S/C14H25N3O2/c1-8(2)12(18)14(5,6)7-15-13(19)11-9(3)16-17-10(11)4/h8,12,18H,7H2,1-6H3,(H,15,19)(H,16,17). The van der Waals surface area contributed by atoms with Gasteiger partial charge in [-0.3, -0.25) is 9.89 Å². The second-order valence-electron chi connectivity index (χ2n) is 6.17. The average Bonchev–Trinajstić information content (AvgIpc) is 2.65. The highest BCUT2D eigenvalue weighted by atomic mass is 16.3. The maximum absolute atomic E-state index is 12.1. The van der Waals surface area contributed by atoms with Gasteiger partial charge in [0.15, 0.2) is 0 Å². The normalized spacial score (nSPS) is 13.7. The molecule has 0 fully saturated rings. The van der Waals surface area contributed by atoms with Crippen LogP contribution in [0.1, 0.15) is 49.4 Å². The molecule has 5 heteroatoms. The number of aromatic amines is 1. The number of aryl methyl sites for hydroxylation is 2. The zero-order valence-electron chi connectivity index (χ0n) is 12.7. The summed E-state index contributed by atoms with van der Waals surface area (Å²) >= 11 is 0. The number of aromatic nitrogens is 2. The number of nitrogens with zero attached hydrogens (tertiary/aromatic N) is 1. The minimum absolute atomic E-state index is 0.146. The van der Waals surface area contributed by atoms with E-state index in [0.29, 0.717) is 17.8 Å². The van der Waals surface area contributed by atoms with Gasteiger partial charge in [-0.2, -0.15) is 5.10 Å². The number of hydrogen-bond acceptors (Lipinski definition) is 3. The number of nitrogens with one attached hydrogen (secondary N) is 2. The van der Waals surface area contributed by atoms with E-state index in [1.165, 1.54) is 0 Å². The molecule has 0 radical (unpaired) electrons. The second kappa shape index (κ2) is 5.74. The predicted octanol–water partition coefficient (Wildman–Crippen LogP) is 1.80. The molecule has 0 bridgehead atoms. The molecule has 1 aromatic heterocycles.